The van der Waals surface area contributed by atoms with Gasteiger partial charge in [-0.05, 0) is 35.1 Å². The molecule has 0 aromatic heterocycles. The van der Waals surface area contributed by atoms with Crippen molar-refractivity contribution >= 4 is 23.8 Å². The maximum Gasteiger partial charge on any atom is 0.331 e. The van der Waals surface area contributed by atoms with Crippen molar-refractivity contribution in [3.8, 4) is 11.1 Å². The average Bonchev–Trinajstić information content (AvgIpc) is 3.36. The van der Waals surface area contributed by atoms with Crippen molar-refractivity contribution in [1.29, 1.82) is 0 Å². The Kier molecular flexibility index (Phi) is 9.78. The molecule has 3 aromatic rings. The normalized spacial score (nSPS) is 16.5. The van der Waals surface area contributed by atoms with Crippen molar-refractivity contribution in [2.24, 2.45) is 5.92 Å². The van der Waals surface area contributed by atoms with E-state index in [4.69, 9.17) is 14.6 Å². The SMILES string of the molecule is O=C(O)CCNC(=O)[C@H](Cc1ccc(-c2ccccc2)cc1)NC(Cc1ccccc1)C(=O)OC1=C2C=CC=CC2C(=O)O1. The van der Waals surface area contributed by atoms with Crippen molar-refractivity contribution < 1.29 is 33.8 Å². The van der Waals surface area contributed by atoms with Gasteiger partial charge in [0, 0.05) is 6.54 Å². The number of aliphatic carboxylic acids is 1. The van der Waals surface area contributed by atoms with Crippen LogP contribution in [0.5, 0.6) is 0 Å². The third-order valence-electron chi connectivity index (χ3n) is 7.33. The van der Waals surface area contributed by atoms with Crippen LogP contribution in [0.3, 0.4) is 0 Å². The van der Waals surface area contributed by atoms with Crippen LogP contribution in [0.25, 0.3) is 11.1 Å². The Morgan fingerprint density at radius 2 is 1.45 bits per heavy atom. The van der Waals surface area contributed by atoms with E-state index in [1.165, 1.54) is 0 Å². The Bertz CT molecular complexity index is 1590. The molecule has 224 valence electrons. The molecule has 0 radical (unpaired) electrons. The standard InChI is InChI=1S/C35H32N2O7/c38-31(39)19-20-36-32(40)29(21-24-15-17-26(18-16-24)25-11-5-2-6-12-25)37-30(22-23-9-3-1-4-10-23)34(42)44-35-28-14-8-7-13-27(28)33(41)43-35/h1-18,27,29-30,37H,19-22H2,(H,36,40)(H,38,39)/t27?,29-,30?/m0/s1. The van der Waals surface area contributed by atoms with Crippen molar-refractivity contribution in [1.82, 2.24) is 10.6 Å². The highest BCUT2D eigenvalue weighted by atomic mass is 16.7. The predicted octanol–water partition coefficient (Wildman–Crippen LogP) is 4.11. The van der Waals surface area contributed by atoms with E-state index in [-0.39, 0.29) is 31.8 Å². The Morgan fingerprint density at radius 3 is 2.16 bits per heavy atom. The first kappa shape index (κ1) is 30.2. The number of esters is 2. The number of ether oxygens (including phenoxy) is 2. The van der Waals surface area contributed by atoms with Crippen LogP contribution in [0.4, 0.5) is 0 Å². The highest BCUT2D eigenvalue weighted by Crippen LogP contribution is 2.32. The second-order valence-corrected chi connectivity index (χ2v) is 10.5. The molecule has 0 bridgehead atoms. The van der Waals surface area contributed by atoms with Gasteiger partial charge in [0.2, 0.25) is 5.91 Å². The number of hydrogen-bond donors (Lipinski definition) is 3. The Morgan fingerprint density at radius 1 is 0.818 bits per heavy atom. The summed E-state index contributed by atoms with van der Waals surface area (Å²) in [5.74, 6) is -3.58. The van der Waals surface area contributed by atoms with Gasteiger partial charge in [0.25, 0.3) is 5.95 Å². The monoisotopic (exact) mass is 592 g/mol. The van der Waals surface area contributed by atoms with Crippen LogP contribution in [0, 0.1) is 5.92 Å². The summed E-state index contributed by atoms with van der Waals surface area (Å²) < 4.78 is 10.9. The minimum absolute atomic E-state index is 0.0689. The maximum atomic E-state index is 13.6. The number of carboxylic acids is 1. The van der Waals surface area contributed by atoms with Gasteiger partial charge in [0.05, 0.1) is 18.0 Å². The number of benzene rings is 3. The third-order valence-corrected chi connectivity index (χ3v) is 7.33. The molecule has 2 unspecified atom stereocenters. The molecule has 0 saturated carbocycles. The van der Waals surface area contributed by atoms with Crippen LogP contribution < -0.4 is 10.6 Å². The summed E-state index contributed by atoms with van der Waals surface area (Å²) in [6.45, 7) is -0.0689. The molecule has 9 heteroatoms. The first-order valence-corrected chi connectivity index (χ1v) is 14.3. The summed E-state index contributed by atoms with van der Waals surface area (Å²) in [4.78, 5) is 50.4. The molecule has 2 aliphatic rings. The molecule has 0 spiro atoms. The first-order valence-electron chi connectivity index (χ1n) is 14.3. The van der Waals surface area contributed by atoms with Gasteiger partial charge in [-0.2, -0.15) is 0 Å². The van der Waals surface area contributed by atoms with Crippen molar-refractivity contribution in [3.63, 3.8) is 0 Å². The predicted molar refractivity (Wildman–Crippen MR) is 163 cm³/mol. The van der Waals surface area contributed by atoms with E-state index in [1.807, 2.05) is 84.9 Å². The smallest absolute Gasteiger partial charge is 0.331 e. The lowest BCUT2D eigenvalue weighted by molar-refractivity contribution is -0.153. The Labute approximate surface area is 254 Å². The molecule has 1 aliphatic heterocycles. The first-order chi connectivity index (χ1) is 21.4. The topological polar surface area (TPSA) is 131 Å². The lowest BCUT2D eigenvalue weighted by atomic mass is 9.97. The van der Waals surface area contributed by atoms with Crippen LogP contribution in [0.1, 0.15) is 17.5 Å². The van der Waals surface area contributed by atoms with E-state index < -0.39 is 41.8 Å². The van der Waals surface area contributed by atoms with Gasteiger partial charge in [-0.25, -0.2) is 4.79 Å². The summed E-state index contributed by atoms with van der Waals surface area (Å²) in [5.41, 5.74) is 4.17. The minimum Gasteiger partial charge on any atom is -0.481 e. The lowest BCUT2D eigenvalue weighted by Crippen LogP contribution is -2.53. The Balaban J connectivity index is 1.38. The average molecular weight is 593 g/mol. The zero-order valence-electron chi connectivity index (χ0n) is 23.8. The van der Waals surface area contributed by atoms with Gasteiger partial charge in [0.1, 0.15) is 12.0 Å². The number of carbonyl (C=O) groups excluding carboxylic acids is 3. The number of rotatable bonds is 13. The van der Waals surface area contributed by atoms with Gasteiger partial charge in [0.15, 0.2) is 0 Å². The van der Waals surface area contributed by atoms with Crippen LogP contribution in [0.15, 0.2) is 121 Å². The fraction of sp³-hybridized carbons (Fsp3) is 0.200. The number of hydrogen-bond acceptors (Lipinski definition) is 7. The molecule has 1 amide bonds. The summed E-state index contributed by atoms with van der Waals surface area (Å²) in [5, 5.41) is 14.9. The molecule has 0 fully saturated rings. The number of allylic oxidation sites excluding steroid dienone is 3. The van der Waals surface area contributed by atoms with Crippen LogP contribution in [-0.4, -0.2) is 47.6 Å². The molecular formula is C35H32N2O7. The molecule has 1 aliphatic carbocycles. The largest absolute Gasteiger partial charge is 0.481 e. The zero-order chi connectivity index (χ0) is 30.9. The summed E-state index contributed by atoms with van der Waals surface area (Å²) in [7, 11) is 0. The number of carbonyl (C=O) groups is 4. The number of carboxylic acid groups (broad SMARTS) is 1. The van der Waals surface area contributed by atoms with E-state index in [9.17, 15) is 19.2 Å². The van der Waals surface area contributed by atoms with Crippen LogP contribution in [-0.2, 0) is 41.5 Å². The van der Waals surface area contributed by atoms with Gasteiger partial charge in [-0.15, -0.1) is 0 Å². The van der Waals surface area contributed by atoms with Gasteiger partial charge >= 0.3 is 17.9 Å². The number of nitrogens with one attached hydrogen (secondary N) is 2. The fourth-order valence-corrected chi connectivity index (χ4v) is 5.04. The lowest BCUT2D eigenvalue weighted by Gasteiger charge is -2.25. The highest BCUT2D eigenvalue weighted by molar-refractivity contribution is 5.86. The summed E-state index contributed by atoms with van der Waals surface area (Å²) in [6, 6.07) is 25.0. The molecular weight excluding hydrogens is 560 g/mol. The van der Waals surface area contributed by atoms with Crippen molar-refractivity contribution in [2.45, 2.75) is 31.3 Å². The highest BCUT2D eigenvalue weighted by Gasteiger charge is 2.38. The Hall–Kier alpha value is -5.28. The van der Waals surface area contributed by atoms with Crippen LogP contribution >= 0.6 is 0 Å². The molecule has 9 nitrogen and oxygen atoms in total. The number of amides is 1. The van der Waals surface area contributed by atoms with Crippen molar-refractivity contribution in [2.75, 3.05) is 6.54 Å². The van der Waals surface area contributed by atoms with Crippen molar-refractivity contribution in [3.05, 3.63) is 132 Å². The van der Waals surface area contributed by atoms with Gasteiger partial charge < -0.3 is 19.9 Å². The van der Waals surface area contributed by atoms with Crippen LogP contribution in [0.2, 0.25) is 0 Å². The summed E-state index contributed by atoms with van der Waals surface area (Å²) >= 11 is 0. The number of fused-ring (bicyclic) bond motifs is 1. The van der Waals surface area contributed by atoms with E-state index >= 15 is 0 Å². The van der Waals surface area contributed by atoms with Gasteiger partial charge in [-0.1, -0.05) is 109 Å². The van der Waals surface area contributed by atoms with E-state index in [0.717, 1.165) is 22.3 Å². The molecule has 1 heterocycles. The number of cyclic esters (lactones) is 1. The van der Waals surface area contributed by atoms with E-state index in [0.29, 0.717) is 5.57 Å². The fourth-order valence-electron chi connectivity index (χ4n) is 5.04. The molecule has 3 N–H and O–H groups in total. The second-order valence-electron chi connectivity index (χ2n) is 10.5. The maximum absolute atomic E-state index is 13.6. The van der Waals surface area contributed by atoms with E-state index in [2.05, 4.69) is 10.6 Å². The third kappa shape index (κ3) is 7.76. The zero-order valence-corrected chi connectivity index (χ0v) is 23.8. The minimum atomic E-state index is -1.04. The van der Waals surface area contributed by atoms with E-state index in [1.54, 1.807) is 24.3 Å². The molecule has 44 heavy (non-hydrogen) atoms. The molecule has 3 aromatic carbocycles. The second kappa shape index (κ2) is 14.3. The molecule has 0 saturated heterocycles. The molecule has 5 rings (SSSR count). The summed E-state index contributed by atoms with van der Waals surface area (Å²) in [6.07, 6.45) is 6.92. The molecule has 3 atom stereocenters. The van der Waals surface area contributed by atoms with Gasteiger partial charge in [-0.3, -0.25) is 19.7 Å². The quantitative estimate of drug-likeness (QED) is 0.253.